The number of hydrogen-bond donors (Lipinski definition) is 3. The summed E-state index contributed by atoms with van der Waals surface area (Å²) in [5.74, 6) is -0.145. The maximum absolute atomic E-state index is 12.1. The second kappa shape index (κ2) is 8.15. The zero-order chi connectivity index (χ0) is 15.8. The molecule has 8 nitrogen and oxygen atoms in total. The van der Waals surface area contributed by atoms with Gasteiger partial charge in [0.1, 0.15) is 12.4 Å². The summed E-state index contributed by atoms with van der Waals surface area (Å²) < 4.78 is 4.96. The van der Waals surface area contributed by atoms with Crippen LogP contribution in [0.15, 0.2) is 6.20 Å². The molecule has 0 saturated carbocycles. The second-order valence-electron chi connectivity index (χ2n) is 4.67. The Morgan fingerprint density at radius 1 is 1.43 bits per heavy atom. The van der Waals surface area contributed by atoms with Crippen molar-refractivity contribution < 1.29 is 14.3 Å². The van der Waals surface area contributed by atoms with Gasteiger partial charge in [-0.3, -0.25) is 9.59 Å². The highest BCUT2D eigenvalue weighted by atomic mass is 16.5. The molecule has 8 heteroatoms. The molecule has 116 valence electrons. The number of carbonyl (C=O) groups is 2. The molecule has 1 aromatic rings. The smallest absolute Gasteiger partial charge is 0.272 e. The molecule has 0 radical (unpaired) electrons. The molecule has 2 amide bonds. The van der Waals surface area contributed by atoms with Gasteiger partial charge in [-0.05, 0) is 0 Å². The minimum absolute atomic E-state index is 0.126. The molecule has 0 saturated heterocycles. The van der Waals surface area contributed by atoms with Crippen molar-refractivity contribution in [3.63, 3.8) is 0 Å². The van der Waals surface area contributed by atoms with Gasteiger partial charge in [0.25, 0.3) is 5.91 Å². The molecule has 1 aromatic heterocycles. The lowest BCUT2D eigenvalue weighted by molar-refractivity contribution is -0.122. The first-order valence-electron chi connectivity index (χ1n) is 6.64. The maximum Gasteiger partial charge on any atom is 0.272 e. The van der Waals surface area contributed by atoms with Gasteiger partial charge in [0, 0.05) is 19.5 Å². The number of hydrogen-bond acceptors (Lipinski definition) is 6. The Labute approximate surface area is 123 Å². The lowest BCUT2D eigenvalue weighted by atomic mass is 10.2. The molecule has 0 bridgehead atoms. The van der Waals surface area contributed by atoms with E-state index in [4.69, 9.17) is 10.5 Å². The fourth-order valence-corrected chi connectivity index (χ4v) is 1.52. The lowest BCUT2D eigenvalue weighted by Crippen LogP contribution is -2.30. The Kier molecular flexibility index (Phi) is 6.54. The number of rotatable bonds is 8. The molecule has 1 rings (SSSR count). The zero-order valence-corrected chi connectivity index (χ0v) is 12.5. The van der Waals surface area contributed by atoms with E-state index in [9.17, 15) is 9.59 Å². The SMILES string of the molecule is CNc1cnc(C(C)C)nc1C(=O)NCCOCC(N)=O. The molecule has 1 heterocycles. The first-order chi connectivity index (χ1) is 9.95. The van der Waals surface area contributed by atoms with E-state index in [1.165, 1.54) is 0 Å². The van der Waals surface area contributed by atoms with Gasteiger partial charge in [-0.1, -0.05) is 13.8 Å². The van der Waals surface area contributed by atoms with Gasteiger partial charge in [0.2, 0.25) is 5.91 Å². The zero-order valence-electron chi connectivity index (χ0n) is 12.5. The van der Waals surface area contributed by atoms with Crippen LogP contribution in [0.3, 0.4) is 0 Å². The summed E-state index contributed by atoms with van der Waals surface area (Å²) in [4.78, 5) is 31.1. The molecule has 0 unspecified atom stereocenters. The van der Waals surface area contributed by atoms with Crippen molar-refractivity contribution >= 4 is 17.5 Å². The van der Waals surface area contributed by atoms with Gasteiger partial charge in [-0.2, -0.15) is 0 Å². The van der Waals surface area contributed by atoms with Gasteiger partial charge in [-0.15, -0.1) is 0 Å². The van der Waals surface area contributed by atoms with E-state index < -0.39 is 5.91 Å². The summed E-state index contributed by atoms with van der Waals surface area (Å²) >= 11 is 0. The van der Waals surface area contributed by atoms with Crippen LogP contribution in [0.25, 0.3) is 0 Å². The predicted octanol–water partition coefficient (Wildman–Crippen LogP) is -0.127. The van der Waals surface area contributed by atoms with Crippen LogP contribution in [-0.4, -0.2) is 48.6 Å². The molecule has 0 spiro atoms. The lowest BCUT2D eigenvalue weighted by Gasteiger charge is -2.11. The normalized spacial score (nSPS) is 10.5. The molecule has 0 aliphatic heterocycles. The predicted molar refractivity (Wildman–Crippen MR) is 78.0 cm³/mol. The van der Waals surface area contributed by atoms with Crippen LogP contribution in [0.2, 0.25) is 0 Å². The first-order valence-corrected chi connectivity index (χ1v) is 6.64. The van der Waals surface area contributed by atoms with E-state index in [1.54, 1.807) is 13.2 Å². The molecular formula is C13H21N5O3. The Morgan fingerprint density at radius 2 is 2.14 bits per heavy atom. The number of aromatic nitrogens is 2. The van der Waals surface area contributed by atoms with E-state index in [0.29, 0.717) is 11.5 Å². The van der Waals surface area contributed by atoms with Crippen molar-refractivity contribution in [2.24, 2.45) is 5.73 Å². The number of nitrogens with zero attached hydrogens (tertiary/aromatic N) is 2. The highest BCUT2D eigenvalue weighted by Crippen LogP contribution is 2.15. The summed E-state index contributed by atoms with van der Waals surface area (Å²) in [6.45, 7) is 4.20. The van der Waals surface area contributed by atoms with Gasteiger partial charge in [-0.25, -0.2) is 9.97 Å². The van der Waals surface area contributed by atoms with Gasteiger partial charge in [0.15, 0.2) is 5.69 Å². The summed E-state index contributed by atoms with van der Waals surface area (Å²) in [7, 11) is 1.69. The molecule has 4 N–H and O–H groups in total. The highest BCUT2D eigenvalue weighted by Gasteiger charge is 2.15. The number of nitrogens with one attached hydrogen (secondary N) is 2. The van der Waals surface area contributed by atoms with Gasteiger partial charge in [0.05, 0.1) is 18.5 Å². The van der Waals surface area contributed by atoms with E-state index in [0.717, 1.165) is 0 Å². The quantitative estimate of drug-likeness (QED) is 0.575. The molecule has 0 atom stereocenters. The monoisotopic (exact) mass is 295 g/mol. The second-order valence-corrected chi connectivity index (χ2v) is 4.67. The Morgan fingerprint density at radius 3 is 2.71 bits per heavy atom. The van der Waals surface area contributed by atoms with Crippen LogP contribution in [0.1, 0.15) is 36.1 Å². The van der Waals surface area contributed by atoms with Crippen molar-refractivity contribution in [3.05, 3.63) is 17.7 Å². The van der Waals surface area contributed by atoms with Crippen molar-refractivity contribution in [2.75, 3.05) is 32.1 Å². The Balaban J connectivity index is 2.63. The first kappa shape index (κ1) is 16.8. The molecular weight excluding hydrogens is 274 g/mol. The van der Waals surface area contributed by atoms with E-state index in [-0.39, 0.29) is 37.3 Å². The van der Waals surface area contributed by atoms with E-state index in [1.807, 2.05) is 13.8 Å². The fourth-order valence-electron chi connectivity index (χ4n) is 1.52. The van der Waals surface area contributed by atoms with Crippen LogP contribution in [0, 0.1) is 0 Å². The van der Waals surface area contributed by atoms with Crippen molar-refractivity contribution in [1.82, 2.24) is 15.3 Å². The third kappa shape index (κ3) is 5.35. The molecule has 0 fully saturated rings. The van der Waals surface area contributed by atoms with Crippen LogP contribution >= 0.6 is 0 Å². The fraction of sp³-hybridized carbons (Fsp3) is 0.538. The van der Waals surface area contributed by atoms with E-state index in [2.05, 4.69) is 20.6 Å². The number of amides is 2. The number of ether oxygens (including phenoxy) is 1. The van der Waals surface area contributed by atoms with Crippen molar-refractivity contribution in [1.29, 1.82) is 0 Å². The van der Waals surface area contributed by atoms with Crippen LogP contribution < -0.4 is 16.4 Å². The maximum atomic E-state index is 12.1. The van der Waals surface area contributed by atoms with E-state index >= 15 is 0 Å². The molecule has 0 aliphatic carbocycles. The molecule has 0 aromatic carbocycles. The number of primary amides is 1. The summed E-state index contributed by atoms with van der Waals surface area (Å²) in [5.41, 5.74) is 5.77. The van der Waals surface area contributed by atoms with Gasteiger partial charge >= 0.3 is 0 Å². The summed E-state index contributed by atoms with van der Waals surface area (Å²) in [6, 6.07) is 0. The topological polar surface area (TPSA) is 119 Å². The van der Waals surface area contributed by atoms with Crippen molar-refractivity contribution in [3.8, 4) is 0 Å². The van der Waals surface area contributed by atoms with Gasteiger partial charge < -0.3 is 21.1 Å². The molecule has 0 aliphatic rings. The number of anilines is 1. The average molecular weight is 295 g/mol. The third-order valence-corrected chi connectivity index (χ3v) is 2.58. The minimum Gasteiger partial charge on any atom is -0.385 e. The Bertz CT molecular complexity index is 505. The van der Waals surface area contributed by atoms with Crippen LogP contribution in [0.5, 0.6) is 0 Å². The number of nitrogens with two attached hydrogens (primary N) is 1. The standard InChI is InChI=1S/C13H21N5O3/c1-8(2)12-17-6-9(15-3)11(18-12)13(20)16-4-5-21-7-10(14)19/h6,8,15H,4-5,7H2,1-3H3,(H2,14,19)(H,16,20). The third-order valence-electron chi connectivity index (χ3n) is 2.58. The minimum atomic E-state index is -0.545. The average Bonchev–Trinajstić information content (AvgIpc) is 2.45. The molecule has 21 heavy (non-hydrogen) atoms. The Hall–Kier alpha value is -2.22. The van der Waals surface area contributed by atoms with Crippen LogP contribution in [0.4, 0.5) is 5.69 Å². The van der Waals surface area contributed by atoms with Crippen molar-refractivity contribution in [2.45, 2.75) is 19.8 Å². The largest absolute Gasteiger partial charge is 0.385 e. The summed E-state index contributed by atoms with van der Waals surface area (Å²) in [6.07, 6.45) is 1.58. The van der Waals surface area contributed by atoms with Crippen LogP contribution in [-0.2, 0) is 9.53 Å². The number of carbonyl (C=O) groups excluding carboxylic acids is 2. The highest BCUT2D eigenvalue weighted by molar-refractivity contribution is 5.97. The summed E-state index contributed by atoms with van der Waals surface area (Å²) in [5, 5.41) is 5.55.